The van der Waals surface area contributed by atoms with E-state index >= 15 is 0 Å². The minimum Gasteiger partial charge on any atom is -0.495 e. The summed E-state index contributed by atoms with van der Waals surface area (Å²) in [5.41, 5.74) is 1.70. The second-order valence-electron chi connectivity index (χ2n) is 9.49. The highest BCUT2D eigenvalue weighted by molar-refractivity contribution is 7.92. The lowest BCUT2D eigenvalue weighted by Crippen LogP contribution is -2.52. The molecule has 0 radical (unpaired) electrons. The van der Waals surface area contributed by atoms with Crippen molar-refractivity contribution >= 4 is 39.1 Å². The predicted octanol–water partition coefficient (Wildman–Crippen LogP) is 4.79. The number of halogens is 1. The molecule has 0 aliphatic carbocycles. The average molecular weight is 572 g/mol. The maximum atomic E-state index is 14.0. The SMILES string of the molecule is COc1ccc(C)cc1N(CC(=O)N(Cc1cccc(Cl)c1)[C@@H](C)C(=O)NC(C)C)S(=O)(=O)c1ccccc1. The Hall–Kier alpha value is -3.56. The first-order valence-electron chi connectivity index (χ1n) is 12.5. The fourth-order valence-electron chi connectivity index (χ4n) is 4.05. The molecular formula is C29H34ClN3O5S. The fraction of sp³-hybridized carbons (Fsp3) is 0.310. The maximum absolute atomic E-state index is 14.0. The van der Waals surface area contributed by atoms with Crippen molar-refractivity contribution in [3.8, 4) is 5.75 Å². The molecule has 0 aromatic heterocycles. The molecule has 0 spiro atoms. The Morgan fingerprint density at radius 3 is 2.28 bits per heavy atom. The standard InChI is InChI=1S/C29H34ClN3O5S/c1-20(2)31-29(35)22(4)32(18-23-10-9-11-24(30)17-23)28(34)19-33(26-16-21(3)14-15-27(26)38-5)39(36,37)25-12-7-6-8-13-25/h6-17,20,22H,18-19H2,1-5H3,(H,31,35)/t22-/m0/s1. The molecule has 3 rings (SSSR count). The van der Waals surface area contributed by atoms with Gasteiger partial charge in [0.1, 0.15) is 18.3 Å². The van der Waals surface area contributed by atoms with Crippen LogP contribution in [0.15, 0.2) is 77.7 Å². The number of anilines is 1. The number of ether oxygens (including phenoxy) is 1. The van der Waals surface area contributed by atoms with Crippen molar-refractivity contribution in [1.82, 2.24) is 10.2 Å². The molecule has 0 unspecified atom stereocenters. The molecule has 0 heterocycles. The van der Waals surface area contributed by atoms with E-state index < -0.39 is 28.5 Å². The van der Waals surface area contributed by atoms with E-state index in [1.807, 2.05) is 20.8 Å². The highest BCUT2D eigenvalue weighted by Gasteiger charge is 2.34. The van der Waals surface area contributed by atoms with Crippen LogP contribution in [-0.4, -0.2) is 50.9 Å². The van der Waals surface area contributed by atoms with E-state index in [9.17, 15) is 18.0 Å². The van der Waals surface area contributed by atoms with Gasteiger partial charge in [0.2, 0.25) is 11.8 Å². The van der Waals surface area contributed by atoms with Crippen molar-refractivity contribution in [2.45, 2.75) is 51.2 Å². The van der Waals surface area contributed by atoms with Gasteiger partial charge in [-0.3, -0.25) is 13.9 Å². The Bertz CT molecular complexity index is 1410. The number of hydrogen-bond donors (Lipinski definition) is 1. The lowest BCUT2D eigenvalue weighted by Gasteiger charge is -2.32. The highest BCUT2D eigenvalue weighted by Crippen LogP contribution is 2.33. The number of carbonyl (C=O) groups is 2. The topological polar surface area (TPSA) is 96.0 Å². The molecule has 0 bridgehead atoms. The predicted molar refractivity (Wildman–Crippen MR) is 153 cm³/mol. The van der Waals surface area contributed by atoms with E-state index in [0.29, 0.717) is 16.3 Å². The first kappa shape index (κ1) is 30.0. The molecule has 208 valence electrons. The third-order valence-electron chi connectivity index (χ3n) is 6.05. The summed E-state index contributed by atoms with van der Waals surface area (Å²) in [5.74, 6) is -0.629. The van der Waals surface area contributed by atoms with Crippen LogP contribution < -0.4 is 14.4 Å². The van der Waals surface area contributed by atoms with Gasteiger partial charge in [0.15, 0.2) is 0 Å². The smallest absolute Gasteiger partial charge is 0.264 e. The Kier molecular flexibility index (Phi) is 9.99. The van der Waals surface area contributed by atoms with Crippen molar-refractivity contribution in [1.29, 1.82) is 0 Å². The van der Waals surface area contributed by atoms with Crippen molar-refractivity contribution in [3.05, 3.63) is 88.9 Å². The largest absolute Gasteiger partial charge is 0.495 e. The van der Waals surface area contributed by atoms with Gasteiger partial charge in [-0.25, -0.2) is 8.42 Å². The first-order chi connectivity index (χ1) is 18.4. The van der Waals surface area contributed by atoms with Crippen molar-refractivity contribution in [3.63, 3.8) is 0 Å². The number of benzene rings is 3. The van der Waals surface area contributed by atoms with Crippen LogP contribution in [0.3, 0.4) is 0 Å². The monoisotopic (exact) mass is 571 g/mol. The summed E-state index contributed by atoms with van der Waals surface area (Å²) in [6.07, 6.45) is 0. The summed E-state index contributed by atoms with van der Waals surface area (Å²) in [4.78, 5) is 28.4. The summed E-state index contributed by atoms with van der Waals surface area (Å²) in [6, 6.07) is 18.9. The summed E-state index contributed by atoms with van der Waals surface area (Å²) >= 11 is 6.17. The third-order valence-corrected chi connectivity index (χ3v) is 8.06. The molecule has 10 heteroatoms. The van der Waals surface area contributed by atoms with E-state index in [2.05, 4.69) is 5.32 Å². The normalized spacial score (nSPS) is 12.1. The number of sulfonamides is 1. The number of amides is 2. The molecule has 0 aliphatic rings. The van der Waals surface area contributed by atoms with Crippen LogP contribution >= 0.6 is 11.6 Å². The van der Waals surface area contributed by atoms with Gasteiger partial charge in [0, 0.05) is 17.6 Å². The van der Waals surface area contributed by atoms with Crippen LogP contribution in [0.4, 0.5) is 5.69 Å². The zero-order chi connectivity index (χ0) is 28.7. The van der Waals surface area contributed by atoms with Crippen molar-refractivity contribution in [2.75, 3.05) is 18.0 Å². The minimum atomic E-state index is -4.19. The number of rotatable bonds is 11. The lowest BCUT2D eigenvalue weighted by molar-refractivity contribution is -0.139. The molecule has 1 N–H and O–H groups in total. The number of nitrogens with zero attached hydrogens (tertiary/aromatic N) is 2. The molecule has 1 atom stereocenters. The first-order valence-corrected chi connectivity index (χ1v) is 14.3. The summed E-state index contributed by atoms with van der Waals surface area (Å²) < 4.78 is 34.4. The summed E-state index contributed by atoms with van der Waals surface area (Å²) in [5, 5.41) is 3.31. The van der Waals surface area contributed by atoms with Gasteiger partial charge in [-0.1, -0.05) is 48.0 Å². The lowest BCUT2D eigenvalue weighted by atomic mass is 10.1. The second-order valence-corrected chi connectivity index (χ2v) is 11.8. The number of hydrogen-bond acceptors (Lipinski definition) is 5. The van der Waals surface area contributed by atoms with Gasteiger partial charge < -0.3 is 15.0 Å². The molecular weight excluding hydrogens is 538 g/mol. The molecule has 39 heavy (non-hydrogen) atoms. The second kappa shape index (κ2) is 13.0. The van der Waals surface area contributed by atoms with Gasteiger partial charge in [0.05, 0.1) is 17.7 Å². The van der Waals surface area contributed by atoms with E-state index in [1.165, 1.54) is 24.1 Å². The summed E-state index contributed by atoms with van der Waals surface area (Å²) in [6.45, 7) is 6.58. The average Bonchev–Trinajstić information content (AvgIpc) is 2.90. The van der Waals surface area contributed by atoms with E-state index in [-0.39, 0.29) is 29.1 Å². The Balaban J connectivity index is 2.09. The van der Waals surface area contributed by atoms with Gasteiger partial charge >= 0.3 is 0 Å². The molecule has 0 fully saturated rings. The van der Waals surface area contributed by atoms with E-state index in [1.54, 1.807) is 67.6 Å². The zero-order valence-corrected chi connectivity index (χ0v) is 24.3. The number of carbonyl (C=O) groups excluding carboxylic acids is 2. The van der Waals surface area contributed by atoms with Crippen LogP contribution in [0.1, 0.15) is 31.9 Å². The maximum Gasteiger partial charge on any atom is 0.264 e. The van der Waals surface area contributed by atoms with Crippen molar-refractivity contribution in [2.24, 2.45) is 0 Å². The van der Waals surface area contributed by atoms with Crippen LogP contribution in [0, 0.1) is 6.92 Å². The van der Waals surface area contributed by atoms with E-state index in [4.69, 9.17) is 16.3 Å². The van der Waals surface area contributed by atoms with E-state index in [0.717, 1.165) is 9.87 Å². The van der Waals surface area contributed by atoms with Gasteiger partial charge in [0.25, 0.3) is 10.0 Å². The third kappa shape index (κ3) is 7.52. The Labute approximate surface area is 235 Å². The molecule has 3 aromatic carbocycles. The van der Waals surface area contributed by atoms with Crippen LogP contribution in [0.2, 0.25) is 5.02 Å². The van der Waals surface area contributed by atoms with Crippen LogP contribution in [0.5, 0.6) is 5.75 Å². The van der Waals surface area contributed by atoms with Gasteiger partial charge in [-0.15, -0.1) is 0 Å². The zero-order valence-electron chi connectivity index (χ0n) is 22.7. The fourth-order valence-corrected chi connectivity index (χ4v) is 5.70. The van der Waals surface area contributed by atoms with Gasteiger partial charge in [-0.2, -0.15) is 0 Å². The van der Waals surface area contributed by atoms with Crippen LogP contribution in [0.25, 0.3) is 0 Å². The Morgan fingerprint density at radius 1 is 0.974 bits per heavy atom. The minimum absolute atomic E-state index is 0.0216. The highest BCUT2D eigenvalue weighted by atomic mass is 35.5. The molecule has 0 saturated heterocycles. The number of aryl methyl sites for hydroxylation is 1. The molecule has 2 amide bonds. The molecule has 3 aromatic rings. The van der Waals surface area contributed by atoms with Gasteiger partial charge in [-0.05, 0) is 75.2 Å². The molecule has 0 saturated carbocycles. The van der Waals surface area contributed by atoms with Crippen molar-refractivity contribution < 1.29 is 22.7 Å². The molecule has 8 nitrogen and oxygen atoms in total. The quantitative estimate of drug-likeness (QED) is 0.357. The Morgan fingerprint density at radius 2 is 1.67 bits per heavy atom. The molecule has 0 aliphatic heterocycles. The summed E-state index contributed by atoms with van der Waals surface area (Å²) in [7, 11) is -2.75. The number of methoxy groups -OCH3 is 1. The number of nitrogens with one attached hydrogen (secondary N) is 1. The van der Waals surface area contributed by atoms with Crippen LogP contribution in [-0.2, 0) is 26.2 Å².